The van der Waals surface area contributed by atoms with E-state index in [2.05, 4.69) is 10.2 Å². The Balaban J connectivity index is 2.03. The van der Waals surface area contributed by atoms with E-state index in [1.54, 1.807) is 24.3 Å². The zero-order valence-corrected chi connectivity index (χ0v) is 14.3. The van der Waals surface area contributed by atoms with E-state index in [0.717, 1.165) is 18.0 Å². The summed E-state index contributed by atoms with van der Waals surface area (Å²) in [7, 11) is 4.01. The SMILES string of the molecule is CN(C)CCCNC1=C2C(=CC=CC2[N+](=O)[O-])N([O-])c2ccccc21. The molecule has 132 valence electrons. The van der Waals surface area contributed by atoms with Crippen LogP contribution in [-0.2, 0) is 0 Å². The van der Waals surface area contributed by atoms with Gasteiger partial charge in [-0.05, 0) is 45.3 Å². The van der Waals surface area contributed by atoms with Gasteiger partial charge in [0.1, 0.15) is 0 Å². The molecule has 0 radical (unpaired) electrons. The topological polar surface area (TPSA) is 84.7 Å². The lowest BCUT2D eigenvalue weighted by Crippen LogP contribution is -2.35. The average Bonchev–Trinajstić information content (AvgIpc) is 2.60. The summed E-state index contributed by atoms with van der Waals surface area (Å²) >= 11 is 0. The van der Waals surface area contributed by atoms with Crippen molar-refractivity contribution >= 4 is 11.4 Å². The maximum absolute atomic E-state index is 12.7. The zero-order chi connectivity index (χ0) is 18.0. The third-order valence-corrected chi connectivity index (χ3v) is 4.31. The molecule has 0 aromatic heterocycles. The molecule has 1 aliphatic heterocycles. The van der Waals surface area contributed by atoms with Crippen molar-refractivity contribution in [3.63, 3.8) is 0 Å². The maximum Gasteiger partial charge on any atom is 0.260 e. The molecule has 0 spiro atoms. The number of rotatable bonds is 6. The number of hydrogen-bond donors (Lipinski definition) is 1. The molecular weight excluding hydrogens is 320 g/mol. The van der Waals surface area contributed by atoms with Gasteiger partial charge in [-0.3, -0.25) is 10.1 Å². The van der Waals surface area contributed by atoms with Gasteiger partial charge in [0.05, 0.1) is 11.3 Å². The summed E-state index contributed by atoms with van der Waals surface area (Å²) < 4.78 is 0. The van der Waals surface area contributed by atoms with E-state index >= 15 is 0 Å². The van der Waals surface area contributed by atoms with E-state index in [-0.39, 0.29) is 4.92 Å². The van der Waals surface area contributed by atoms with Crippen molar-refractivity contribution in [2.24, 2.45) is 0 Å². The second kappa shape index (κ2) is 7.08. The first kappa shape index (κ1) is 17.2. The van der Waals surface area contributed by atoms with Crippen LogP contribution in [0, 0.1) is 15.3 Å². The second-order valence-electron chi connectivity index (χ2n) is 6.35. The lowest BCUT2D eigenvalue weighted by Gasteiger charge is -2.42. The van der Waals surface area contributed by atoms with E-state index in [1.807, 2.05) is 26.2 Å². The number of fused-ring (bicyclic) bond motifs is 2. The average molecular weight is 341 g/mol. The molecule has 0 bridgehead atoms. The third-order valence-electron chi connectivity index (χ3n) is 4.31. The normalized spacial score (nSPS) is 18.8. The highest BCUT2D eigenvalue weighted by Gasteiger charge is 2.35. The highest BCUT2D eigenvalue weighted by Crippen LogP contribution is 2.41. The van der Waals surface area contributed by atoms with Gasteiger partial charge in [0.2, 0.25) is 0 Å². The summed E-state index contributed by atoms with van der Waals surface area (Å²) in [5, 5.41) is 28.4. The number of hydroxylamine groups is 1. The van der Waals surface area contributed by atoms with Crippen molar-refractivity contribution < 1.29 is 4.92 Å². The molecule has 1 aromatic carbocycles. The quantitative estimate of drug-likeness (QED) is 0.486. The van der Waals surface area contributed by atoms with Gasteiger partial charge in [0.15, 0.2) is 0 Å². The van der Waals surface area contributed by atoms with Crippen molar-refractivity contribution in [3.8, 4) is 0 Å². The number of hydrogen-bond acceptors (Lipinski definition) is 6. The minimum atomic E-state index is -1.03. The molecule has 2 aliphatic rings. The molecule has 1 aliphatic carbocycles. The van der Waals surface area contributed by atoms with E-state index in [9.17, 15) is 15.3 Å². The number of nitrogens with zero attached hydrogens (tertiary/aromatic N) is 3. The first-order valence-corrected chi connectivity index (χ1v) is 8.22. The van der Waals surface area contributed by atoms with Crippen LogP contribution in [0.5, 0.6) is 0 Å². The number of benzene rings is 1. The molecule has 0 amide bonds. The van der Waals surface area contributed by atoms with Gasteiger partial charge in [-0.2, -0.15) is 0 Å². The van der Waals surface area contributed by atoms with E-state index in [1.165, 1.54) is 6.08 Å². The van der Waals surface area contributed by atoms with Gasteiger partial charge in [-0.15, -0.1) is 0 Å². The van der Waals surface area contributed by atoms with Crippen LogP contribution in [0.15, 0.2) is 53.8 Å². The molecule has 3 rings (SSSR count). The Kier molecular flexibility index (Phi) is 4.87. The fourth-order valence-corrected chi connectivity index (χ4v) is 3.15. The Hall–Kier alpha value is -2.64. The van der Waals surface area contributed by atoms with Gasteiger partial charge >= 0.3 is 0 Å². The Labute approximate surface area is 146 Å². The molecule has 0 saturated heterocycles. The molecule has 1 heterocycles. The van der Waals surface area contributed by atoms with Crippen LogP contribution < -0.4 is 10.4 Å². The fourth-order valence-electron chi connectivity index (χ4n) is 3.15. The Morgan fingerprint density at radius 3 is 2.80 bits per heavy atom. The van der Waals surface area contributed by atoms with Crippen molar-refractivity contribution in [1.82, 2.24) is 10.2 Å². The summed E-state index contributed by atoms with van der Waals surface area (Å²) in [5.41, 5.74) is 2.66. The zero-order valence-electron chi connectivity index (χ0n) is 14.3. The minimum absolute atomic E-state index is 0.331. The molecule has 1 N–H and O–H groups in total. The first-order valence-electron chi connectivity index (χ1n) is 8.22. The third kappa shape index (κ3) is 3.29. The Bertz CT molecular complexity index is 767. The summed E-state index contributed by atoms with van der Waals surface area (Å²) in [6.45, 7) is 1.58. The second-order valence-corrected chi connectivity index (χ2v) is 6.35. The standard InChI is InChI=1S/C18H21N4O3/c1-20(2)12-6-11-19-18-13-7-3-4-8-14(13)21(23)15-9-5-10-16(17(15)18)22(24)25/h3-5,7-10,16,19H,6,11-12H2,1-2H3/q-1. The molecule has 1 atom stereocenters. The lowest BCUT2D eigenvalue weighted by molar-refractivity contribution is -0.498. The van der Waals surface area contributed by atoms with Crippen LogP contribution in [0.3, 0.4) is 0 Å². The van der Waals surface area contributed by atoms with Gasteiger partial charge in [-0.1, -0.05) is 24.3 Å². The fraction of sp³-hybridized carbons (Fsp3) is 0.333. The van der Waals surface area contributed by atoms with E-state index < -0.39 is 6.04 Å². The highest BCUT2D eigenvalue weighted by molar-refractivity contribution is 5.88. The number of anilines is 1. The summed E-state index contributed by atoms with van der Waals surface area (Å²) in [5.74, 6) is 0. The van der Waals surface area contributed by atoms with Crippen LogP contribution in [0.4, 0.5) is 5.69 Å². The van der Waals surface area contributed by atoms with Crippen LogP contribution in [0.25, 0.3) is 5.70 Å². The number of nitrogens with one attached hydrogen (secondary N) is 1. The van der Waals surface area contributed by atoms with Crippen LogP contribution >= 0.6 is 0 Å². The summed E-state index contributed by atoms with van der Waals surface area (Å²) in [4.78, 5) is 13.3. The molecular formula is C18H21N4O3-. The monoisotopic (exact) mass is 341 g/mol. The Morgan fingerprint density at radius 1 is 1.32 bits per heavy atom. The van der Waals surface area contributed by atoms with Gasteiger partial charge in [0.25, 0.3) is 6.04 Å². The molecule has 25 heavy (non-hydrogen) atoms. The molecule has 0 fully saturated rings. The van der Waals surface area contributed by atoms with Gasteiger partial charge in [0, 0.05) is 28.4 Å². The number of allylic oxidation sites excluding steroid dienone is 2. The predicted octanol–water partition coefficient (Wildman–Crippen LogP) is 2.36. The van der Waals surface area contributed by atoms with Gasteiger partial charge in [-0.25, -0.2) is 0 Å². The number of nitro groups is 1. The molecule has 7 heteroatoms. The maximum atomic E-state index is 12.7. The van der Waals surface area contributed by atoms with Crippen molar-refractivity contribution in [3.05, 3.63) is 74.6 Å². The largest absolute Gasteiger partial charge is 0.754 e. The van der Waals surface area contributed by atoms with Crippen molar-refractivity contribution in [2.45, 2.75) is 12.5 Å². The molecule has 7 nitrogen and oxygen atoms in total. The van der Waals surface area contributed by atoms with Gasteiger partial charge < -0.3 is 20.5 Å². The smallest absolute Gasteiger partial charge is 0.260 e. The number of para-hydroxylation sites is 1. The Morgan fingerprint density at radius 2 is 2.08 bits per heavy atom. The molecule has 0 saturated carbocycles. The first-order chi connectivity index (χ1) is 12.0. The summed E-state index contributed by atoms with van der Waals surface area (Å²) in [6, 6.07) is 6.17. The van der Waals surface area contributed by atoms with Crippen molar-refractivity contribution in [1.29, 1.82) is 0 Å². The lowest BCUT2D eigenvalue weighted by atomic mass is 9.89. The predicted molar refractivity (Wildman–Crippen MR) is 98.4 cm³/mol. The summed E-state index contributed by atoms with van der Waals surface area (Å²) in [6.07, 6.45) is 5.63. The van der Waals surface area contributed by atoms with E-state index in [4.69, 9.17) is 0 Å². The van der Waals surface area contributed by atoms with Crippen LogP contribution in [0.1, 0.15) is 12.0 Å². The van der Waals surface area contributed by atoms with E-state index in [0.29, 0.717) is 34.8 Å². The van der Waals surface area contributed by atoms with Crippen molar-refractivity contribution in [2.75, 3.05) is 32.2 Å². The highest BCUT2D eigenvalue weighted by atomic mass is 16.6. The van der Waals surface area contributed by atoms with Crippen LogP contribution in [0.2, 0.25) is 0 Å². The van der Waals surface area contributed by atoms with Crippen LogP contribution in [-0.4, -0.2) is 43.0 Å². The molecule has 1 aromatic rings. The minimum Gasteiger partial charge on any atom is -0.754 e. The molecule has 1 unspecified atom stereocenters.